The number of nitrogens with one attached hydrogen (secondary N) is 1. The Morgan fingerprint density at radius 2 is 1.59 bits per heavy atom. The highest BCUT2D eigenvalue weighted by molar-refractivity contribution is 6.01. The number of aryl methyl sites for hydroxylation is 2. The van der Waals surface area contributed by atoms with Crippen molar-refractivity contribution in [3.8, 4) is 5.69 Å². The molecular formula is C31H32N4O2. The SMILES string of the molecule is Cc1ccc(C2c3cccn3-c3ccccc3N2C(=O)CN(C(=O)Nc2cccc(C)c2)C(C)C)cc1. The van der Waals surface area contributed by atoms with Crippen molar-refractivity contribution >= 4 is 23.3 Å². The lowest BCUT2D eigenvalue weighted by Gasteiger charge is -2.40. The van der Waals surface area contributed by atoms with Gasteiger partial charge in [-0.05, 0) is 75.2 Å². The zero-order valence-corrected chi connectivity index (χ0v) is 21.7. The molecular weight excluding hydrogens is 460 g/mol. The van der Waals surface area contributed by atoms with Crippen LogP contribution in [0.15, 0.2) is 91.1 Å². The number of nitrogens with zero attached hydrogens (tertiary/aromatic N) is 3. The van der Waals surface area contributed by atoms with Crippen molar-refractivity contribution in [3.05, 3.63) is 114 Å². The summed E-state index contributed by atoms with van der Waals surface area (Å²) in [6.07, 6.45) is 2.03. The second-order valence-electron chi connectivity index (χ2n) is 9.89. The Balaban J connectivity index is 1.51. The lowest BCUT2D eigenvalue weighted by molar-refractivity contribution is -0.119. The van der Waals surface area contributed by atoms with Crippen LogP contribution in [0.1, 0.15) is 42.3 Å². The number of fused-ring (bicyclic) bond motifs is 3. The van der Waals surface area contributed by atoms with E-state index < -0.39 is 0 Å². The summed E-state index contributed by atoms with van der Waals surface area (Å²) in [6, 6.07) is 27.2. The molecule has 1 N–H and O–H groups in total. The van der Waals surface area contributed by atoms with E-state index in [-0.39, 0.29) is 30.6 Å². The van der Waals surface area contributed by atoms with E-state index in [9.17, 15) is 9.59 Å². The monoisotopic (exact) mass is 492 g/mol. The summed E-state index contributed by atoms with van der Waals surface area (Å²) >= 11 is 0. The second-order valence-corrected chi connectivity index (χ2v) is 9.89. The van der Waals surface area contributed by atoms with Gasteiger partial charge in [-0.1, -0.05) is 54.1 Å². The second kappa shape index (κ2) is 9.97. The molecule has 1 aliphatic rings. The summed E-state index contributed by atoms with van der Waals surface area (Å²) < 4.78 is 2.15. The standard InChI is InChI=1S/C31H32N4O2/c1-21(2)34(31(37)32-25-10-7-9-23(4)19-25)20-29(36)35-27-12-6-5-11-26(27)33-18-8-13-28(33)30(35)24-16-14-22(3)15-17-24/h5-19,21,30H,20H2,1-4H3,(H,32,37). The third-order valence-electron chi connectivity index (χ3n) is 6.84. The summed E-state index contributed by atoms with van der Waals surface area (Å²) in [6.45, 7) is 7.84. The fourth-order valence-electron chi connectivity index (χ4n) is 4.96. The highest BCUT2D eigenvalue weighted by Crippen LogP contribution is 2.42. The van der Waals surface area contributed by atoms with Crippen LogP contribution in [0.5, 0.6) is 0 Å². The van der Waals surface area contributed by atoms with Gasteiger partial charge in [-0.25, -0.2) is 4.79 Å². The van der Waals surface area contributed by atoms with Gasteiger partial charge in [0, 0.05) is 17.9 Å². The third-order valence-corrected chi connectivity index (χ3v) is 6.84. The van der Waals surface area contributed by atoms with Crippen LogP contribution in [-0.4, -0.2) is 34.0 Å². The number of para-hydroxylation sites is 2. The molecule has 6 nitrogen and oxygen atoms in total. The van der Waals surface area contributed by atoms with Crippen LogP contribution in [0.25, 0.3) is 5.69 Å². The van der Waals surface area contributed by atoms with Crippen LogP contribution in [0.3, 0.4) is 0 Å². The summed E-state index contributed by atoms with van der Waals surface area (Å²) in [5.74, 6) is -0.140. The zero-order chi connectivity index (χ0) is 26.1. The Bertz CT molecular complexity index is 1440. The first-order valence-corrected chi connectivity index (χ1v) is 12.6. The van der Waals surface area contributed by atoms with Gasteiger partial charge in [-0.2, -0.15) is 0 Å². The van der Waals surface area contributed by atoms with Crippen LogP contribution in [0, 0.1) is 13.8 Å². The van der Waals surface area contributed by atoms with Crippen LogP contribution in [0.2, 0.25) is 0 Å². The lowest BCUT2D eigenvalue weighted by Crippen LogP contribution is -2.49. The first-order chi connectivity index (χ1) is 17.8. The molecule has 1 aliphatic heterocycles. The van der Waals surface area contributed by atoms with Crippen molar-refractivity contribution in [1.82, 2.24) is 9.47 Å². The van der Waals surface area contributed by atoms with Gasteiger partial charge in [0.2, 0.25) is 5.91 Å². The third kappa shape index (κ3) is 4.75. The molecule has 0 saturated carbocycles. The molecule has 37 heavy (non-hydrogen) atoms. The average molecular weight is 493 g/mol. The Labute approximate surface area is 218 Å². The largest absolute Gasteiger partial charge is 0.322 e. The number of carbonyl (C=O) groups is 2. The Morgan fingerprint density at radius 1 is 0.865 bits per heavy atom. The minimum absolute atomic E-state index is 0.0489. The van der Waals surface area contributed by atoms with Gasteiger partial charge in [0.1, 0.15) is 12.6 Å². The maximum Gasteiger partial charge on any atom is 0.322 e. The molecule has 6 heteroatoms. The molecule has 1 atom stereocenters. The number of hydrogen-bond acceptors (Lipinski definition) is 2. The minimum Gasteiger partial charge on any atom is -0.316 e. The number of aromatic nitrogens is 1. The Kier molecular flexibility index (Phi) is 6.57. The quantitative estimate of drug-likeness (QED) is 0.347. The maximum atomic E-state index is 14.2. The number of urea groups is 1. The topological polar surface area (TPSA) is 57.6 Å². The van der Waals surface area contributed by atoms with E-state index in [1.165, 1.54) is 0 Å². The number of benzene rings is 3. The number of anilines is 2. The summed E-state index contributed by atoms with van der Waals surface area (Å²) in [7, 11) is 0. The van der Waals surface area contributed by atoms with Gasteiger partial charge >= 0.3 is 6.03 Å². The van der Waals surface area contributed by atoms with E-state index in [1.807, 2.05) is 86.5 Å². The van der Waals surface area contributed by atoms with E-state index in [0.29, 0.717) is 5.69 Å². The molecule has 0 bridgehead atoms. The first kappa shape index (κ1) is 24.4. The predicted octanol–water partition coefficient (Wildman–Crippen LogP) is 6.47. The molecule has 0 spiro atoms. The van der Waals surface area contributed by atoms with Gasteiger partial charge < -0.3 is 14.8 Å². The van der Waals surface area contributed by atoms with E-state index in [2.05, 4.69) is 47.1 Å². The smallest absolute Gasteiger partial charge is 0.316 e. The average Bonchev–Trinajstić information content (AvgIpc) is 3.37. The Morgan fingerprint density at radius 3 is 2.30 bits per heavy atom. The number of rotatable bonds is 5. The van der Waals surface area contributed by atoms with Crippen LogP contribution >= 0.6 is 0 Å². The molecule has 0 aliphatic carbocycles. The highest BCUT2D eigenvalue weighted by Gasteiger charge is 2.37. The van der Waals surface area contributed by atoms with Crippen molar-refractivity contribution in [3.63, 3.8) is 0 Å². The predicted molar refractivity (Wildman–Crippen MR) is 148 cm³/mol. The van der Waals surface area contributed by atoms with Crippen molar-refractivity contribution in [2.75, 3.05) is 16.8 Å². The first-order valence-electron chi connectivity index (χ1n) is 12.6. The van der Waals surface area contributed by atoms with Crippen molar-refractivity contribution in [2.24, 2.45) is 0 Å². The van der Waals surface area contributed by atoms with E-state index in [1.54, 1.807) is 4.90 Å². The summed E-state index contributed by atoms with van der Waals surface area (Å²) in [5, 5.41) is 2.96. The molecule has 1 aromatic heterocycles. The number of carbonyl (C=O) groups excluding carboxylic acids is 2. The molecule has 0 radical (unpaired) electrons. The molecule has 3 amide bonds. The van der Waals surface area contributed by atoms with Gasteiger partial charge in [0.25, 0.3) is 0 Å². The highest BCUT2D eigenvalue weighted by atomic mass is 16.2. The van der Waals surface area contributed by atoms with Crippen molar-refractivity contribution in [2.45, 2.75) is 39.8 Å². The van der Waals surface area contributed by atoms with Gasteiger partial charge in [0.15, 0.2) is 0 Å². The maximum absolute atomic E-state index is 14.2. The fraction of sp³-hybridized carbons (Fsp3) is 0.226. The van der Waals surface area contributed by atoms with E-state index >= 15 is 0 Å². The normalized spacial score (nSPS) is 14.2. The molecule has 2 heterocycles. The van der Waals surface area contributed by atoms with Gasteiger partial charge in [0.05, 0.1) is 17.1 Å². The molecule has 5 rings (SSSR count). The van der Waals surface area contributed by atoms with E-state index in [4.69, 9.17) is 0 Å². The molecule has 4 aromatic rings. The number of hydrogen-bond donors (Lipinski definition) is 1. The van der Waals surface area contributed by atoms with Crippen LogP contribution < -0.4 is 10.2 Å². The molecule has 1 unspecified atom stereocenters. The van der Waals surface area contributed by atoms with Gasteiger partial charge in [-0.3, -0.25) is 9.69 Å². The number of amides is 3. The van der Waals surface area contributed by atoms with Crippen molar-refractivity contribution in [1.29, 1.82) is 0 Å². The van der Waals surface area contributed by atoms with Crippen LogP contribution in [-0.2, 0) is 4.79 Å². The molecule has 188 valence electrons. The fourth-order valence-corrected chi connectivity index (χ4v) is 4.96. The lowest BCUT2D eigenvalue weighted by atomic mass is 9.97. The summed E-state index contributed by atoms with van der Waals surface area (Å²) in [4.78, 5) is 30.9. The van der Waals surface area contributed by atoms with Crippen LogP contribution in [0.4, 0.5) is 16.2 Å². The molecule has 3 aromatic carbocycles. The zero-order valence-electron chi connectivity index (χ0n) is 21.7. The minimum atomic E-state index is -0.313. The van der Waals surface area contributed by atoms with Gasteiger partial charge in [-0.15, -0.1) is 0 Å². The van der Waals surface area contributed by atoms with Crippen molar-refractivity contribution < 1.29 is 9.59 Å². The Hall–Kier alpha value is -4.32. The molecule has 0 fully saturated rings. The summed E-state index contributed by atoms with van der Waals surface area (Å²) in [5.41, 5.74) is 6.72. The van der Waals surface area contributed by atoms with E-state index in [0.717, 1.165) is 33.8 Å². The molecule has 0 saturated heterocycles.